The quantitative estimate of drug-likeness (QED) is 0.324. The molecule has 1 unspecified atom stereocenters. The normalized spacial score (nSPS) is 17.4. The summed E-state index contributed by atoms with van der Waals surface area (Å²) in [5, 5.41) is 11.3. The van der Waals surface area contributed by atoms with Gasteiger partial charge in [0.25, 0.3) is 11.7 Å². The number of ether oxygens (including phenoxy) is 3. The van der Waals surface area contributed by atoms with Crippen molar-refractivity contribution in [3.63, 3.8) is 0 Å². The van der Waals surface area contributed by atoms with E-state index in [0.717, 1.165) is 13.1 Å². The minimum atomic E-state index is -0.727. The van der Waals surface area contributed by atoms with E-state index in [1.54, 1.807) is 37.4 Å². The maximum absolute atomic E-state index is 13.2. The third kappa shape index (κ3) is 4.87. The molecule has 182 valence electrons. The summed E-state index contributed by atoms with van der Waals surface area (Å²) < 4.78 is 15.9. The Kier molecular flexibility index (Phi) is 8.17. The van der Waals surface area contributed by atoms with Crippen LogP contribution in [0.3, 0.4) is 0 Å². The van der Waals surface area contributed by atoms with Gasteiger partial charge in [-0.1, -0.05) is 26.0 Å². The predicted molar refractivity (Wildman–Crippen MR) is 129 cm³/mol. The molecule has 1 aliphatic rings. The first-order valence-corrected chi connectivity index (χ1v) is 11.3. The number of ketones is 1. The zero-order valence-corrected chi connectivity index (χ0v) is 20.3. The van der Waals surface area contributed by atoms with E-state index >= 15 is 0 Å². The minimum Gasteiger partial charge on any atom is -0.507 e. The van der Waals surface area contributed by atoms with Gasteiger partial charge >= 0.3 is 0 Å². The molecule has 0 aromatic heterocycles. The molecular formula is C26H32N2O6. The van der Waals surface area contributed by atoms with Crippen molar-refractivity contribution in [2.75, 3.05) is 47.5 Å². The molecule has 2 aromatic rings. The molecule has 1 saturated heterocycles. The van der Waals surface area contributed by atoms with Gasteiger partial charge in [-0.2, -0.15) is 0 Å². The van der Waals surface area contributed by atoms with Crippen molar-refractivity contribution in [2.24, 2.45) is 0 Å². The Labute approximate surface area is 200 Å². The third-order valence-electron chi connectivity index (χ3n) is 6.18. The van der Waals surface area contributed by atoms with E-state index in [0.29, 0.717) is 41.5 Å². The summed E-state index contributed by atoms with van der Waals surface area (Å²) in [7, 11) is 4.58. The summed E-state index contributed by atoms with van der Waals surface area (Å²) in [6, 6.07) is 11.3. The van der Waals surface area contributed by atoms with E-state index in [1.165, 1.54) is 19.1 Å². The molecule has 1 fully saturated rings. The van der Waals surface area contributed by atoms with E-state index in [-0.39, 0.29) is 11.3 Å². The fourth-order valence-corrected chi connectivity index (χ4v) is 4.17. The van der Waals surface area contributed by atoms with Gasteiger partial charge < -0.3 is 29.1 Å². The van der Waals surface area contributed by atoms with Crippen LogP contribution in [0.2, 0.25) is 0 Å². The highest BCUT2D eigenvalue weighted by Gasteiger charge is 2.46. The zero-order valence-electron chi connectivity index (χ0n) is 20.3. The SMILES string of the molecule is CCN(CC)CCN1C(=O)C(=O)/C(=C(/O)c2ccc(OC)c(OC)c2)C1c1ccc(OC)cc1. The smallest absolute Gasteiger partial charge is 0.295 e. The highest BCUT2D eigenvalue weighted by molar-refractivity contribution is 6.46. The summed E-state index contributed by atoms with van der Waals surface area (Å²) in [5.41, 5.74) is 1.11. The van der Waals surface area contributed by atoms with Crippen LogP contribution in [0.4, 0.5) is 0 Å². The fourth-order valence-electron chi connectivity index (χ4n) is 4.17. The number of carbonyl (C=O) groups is 2. The number of Topliss-reactive ketones (excluding diaryl/α,β-unsaturated/α-hetero) is 1. The molecule has 2 aromatic carbocycles. The molecule has 0 spiro atoms. The van der Waals surface area contributed by atoms with Crippen LogP contribution in [-0.2, 0) is 9.59 Å². The van der Waals surface area contributed by atoms with Gasteiger partial charge in [0.15, 0.2) is 11.5 Å². The Morgan fingerprint density at radius 3 is 2.15 bits per heavy atom. The van der Waals surface area contributed by atoms with Gasteiger partial charge in [0.05, 0.1) is 32.9 Å². The number of amides is 1. The highest BCUT2D eigenvalue weighted by atomic mass is 16.5. The van der Waals surface area contributed by atoms with Crippen molar-refractivity contribution in [3.8, 4) is 17.2 Å². The lowest BCUT2D eigenvalue weighted by Gasteiger charge is -2.28. The molecule has 0 bridgehead atoms. The lowest BCUT2D eigenvalue weighted by atomic mass is 9.95. The minimum absolute atomic E-state index is 0.0435. The van der Waals surface area contributed by atoms with Crippen LogP contribution in [0.15, 0.2) is 48.0 Å². The summed E-state index contributed by atoms with van der Waals surface area (Å²) in [6.45, 7) is 6.73. The average Bonchev–Trinajstić information content (AvgIpc) is 3.13. The second kappa shape index (κ2) is 11.1. The second-order valence-electron chi connectivity index (χ2n) is 7.86. The molecule has 1 amide bonds. The van der Waals surface area contributed by atoms with Crippen LogP contribution in [0.5, 0.6) is 17.2 Å². The number of aliphatic hydroxyl groups excluding tert-OH is 1. The van der Waals surface area contributed by atoms with Crippen molar-refractivity contribution in [3.05, 3.63) is 59.2 Å². The van der Waals surface area contributed by atoms with Crippen LogP contribution in [-0.4, -0.2) is 74.1 Å². The molecule has 1 N–H and O–H groups in total. The Bertz CT molecular complexity index is 1060. The molecule has 0 aliphatic carbocycles. The Morgan fingerprint density at radius 1 is 0.941 bits per heavy atom. The first-order valence-electron chi connectivity index (χ1n) is 11.3. The summed E-state index contributed by atoms with van der Waals surface area (Å²) in [6.07, 6.45) is 0. The maximum atomic E-state index is 13.2. The first-order chi connectivity index (χ1) is 16.4. The van der Waals surface area contributed by atoms with Crippen molar-refractivity contribution in [1.29, 1.82) is 0 Å². The summed E-state index contributed by atoms with van der Waals surface area (Å²) >= 11 is 0. The van der Waals surface area contributed by atoms with Gasteiger partial charge in [-0.25, -0.2) is 0 Å². The monoisotopic (exact) mass is 468 g/mol. The van der Waals surface area contributed by atoms with E-state index < -0.39 is 17.7 Å². The number of aliphatic hydroxyl groups is 1. The number of carbonyl (C=O) groups excluding carboxylic acids is 2. The molecule has 1 aliphatic heterocycles. The molecule has 34 heavy (non-hydrogen) atoms. The van der Waals surface area contributed by atoms with Crippen LogP contribution in [0, 0.1) is 0 Å². The number of benzene rings is 2. The molecule has 1 atom stereocenters. The summed E-state index contributed by atoms with van der Waals surface area (Å²) in [4.78, 5) is 30.0. The third-order valence-corrected chi connectivity index (χ3v) is 6.18. The largest absolute Gasteiger partial charge is 0.507 e. The number of hydrogen-bond acceptors (Lipinski definition) is 7. The Balaban J connectivity index is 2.12. The fraction of sp³-hybridized carbons (Fsp3) is 0.385. The molecular weight excluding hydrogens is 436 g/mol. The van der Waals surface area contributed by atoms with Gasteiger partial charge in [-0.05, 0) is 49.0 Å². The Morgan fingerprint density at radius 2 is 1.59 bits per heavy atom. The van der Waals surface area contributed by atoms with E-state index in [4.69, 9.17) is 14.2 Å². The molecule has 0 radical (unpaired) electrons. The number of hydrogen-bond donors (Lipinski definition) is 1. The van der Waals surface area contributed by atoms with Gasteiger partial charge in [0.1, 0.15) is 11.5 Å². The number of likely N-dealkylation sites (N-methyl/N-ethyl adjacent to an activating group) is 1. The predicted octanol–water partition coefficient (Wildman–Crippen LogP) is 3.48. The van der Waals surface area contributed by atoms with Gasteiger partial charge in [0, 0.05) is 18.7 Å². The first kappa shape index (κ1) is 25.1. The molecule has 3 rings (SSSR count). The van der Waals surface area contributed by atoms with Crippen LogP contribution < -0.4 is 14.2 Å². The topological polar surface area (TPSA) is 88.5 Å². The average molecular weight is 469 g/mol. The van der Waals surface area contributed by atoms with Crippen molar-refractivity contribution < 1.29 is 28.9 Å². The molecule has 1 heterocycles. The van der Waals surface area contributed by atoms with E-state index in [1.807, 2.05) is 12.1 Å². The second-order valence-corrected chi connectivity index (χ2v) is 7.86. The standard InChI is InChI=1S/C26H32N2O6/c1-6-27(7-2)14-15-28-23(17-8-11-19(32-3)12-9-17)22(25(30)26(28)31)24(29)18-10-13-20(33-4)21(16-18)34-5/h8-13,16,23,29H,6-7,14-15H2,1-5H3/b24-22+. The van der Waals surface area contributed by atoms with Crippen molar-refractivity contribution >= 4 is 17.4 Å². The molecule has 0 saturated carbocycles. The zero-order chi connectivity index (χ0) is 24.8. The van der Waals surface area contributed by atoms with Gasteiger partial charge in [-0.15, -0.1) is 0 Å². The molecule has 8 heteroatoms. The number of rotatable bonds is 10. The van der Waals surface area contributed by atoms with Crippen molar-refractivity contribution in [2.45, 2.75) is 19.9 Å². The highest BCUT2D eigenvalue weighted by Crippen LogP contribution is 2.40. The van der Waals surface area contributed by atoms with Gasteiger partial charge in [-0.3, -0.25) is 9.59 Å². The lowest BCUT2D eigenvalue weighted by molar-refractivity contribution is -0.140. The maximum Gasteiger partial charge on any atom is 0.295 e. The van der Waals surface area contributed by atoms with E-state index in [2.05, 4.69) is 18.7 Å². The van der Waals surface area contributed by atoms with Gasteiger partial charge in [0.2, 0.25) is 0 Å². The Hall–Kier alpha value is -3.52. The summed E-state index contributed by atoms with van der Waals surface area (Å²) in [5.74, 6) is -0.0504. The lowest BCUT2D eigenvalue weighted by Crippen LogP contribution is -2.38. The number of likely N-dealkylation sites (tertiary alicyclic amines) is 1. The van der Waals surface area contributed by atoms with Crippen LogP contribution in [0.1, 0.15) is 31.0 Å². The van der Waals surface area contributed by atoms with Crippen LogP contribution in [0.25, 0.3) is 5.76 Å². The van der Waals surface area contributed by atoms with Crippen molar-refractivity contribution in [1.82, 2.24) is 9.80 Å². The van der Waals surface area contributed by atoms with E-state index in [9.17, 15) is 14.7 Å². The van der Waals surface area contributed by atoms with Crippen LogP contribution >= 0.6 is 0 Å². The molecule has 8 nitrogen and oxygen atoms in total. The number of methoxy groups -OCH3 is 3. The number of nitrogens with zero attached hydrogens (tertiary/aromatic N) is 2.